The zero-order chi connectivity index (χ0) is 34.1. The molecule has 1 aromatic heterocycles. The molecule has 0 unspecified atom stereocenters. The molecule has 0 N–H and O–H groups in total. The maximum absolute atomic E-state index is 6.28. The Hall–Kier alpha value is -6.38. The summed E-state index contributed by atoms with van der Waals surface area (Å²) >= 11 is 0. The predicted molar refractivity (Wildman–Crippen MR) is 214 cm³/mol. The molecule has 8 aromatic carbocycles. The van der Waals surface area contributed by atoms with Gasteiger partial charge in [-0.15, -0.1) is 0 Å². The van der Waals surface area contributed by atoms with E-state index in [-0.39, 0.29) is 5.41 Å². The van der Waals surface area contributed by atoms with E-state index in [0.717, 1.165) is 39.0 Å². The number of anilines is 3. The third-order valence-corrected chi connectivity index (χ3v) is 10.8. The van der Waals surface area contributed by atoms with Gasteiger partial charge in [0.15, 0.2) is 0 Å². The summed E-state index contributed by atoms with van der Waals surface area (Å²) in [6.45, 7) is 4.73. The van der Waals surface area contributed by atoms with Gasteiger partial charge in [0.05, 0.1) is 5.69 Å². The quantitative estimate of drug-likeness (QED) is 0.184. The van der Waals surface area contributed by atoms with Gasteiger partial charge in [-0.05, 0) is 98.2 Å². The molecule has 10 rings (SSSR count). The van der Waals surface area contributed by atoms with Crippen LogP contribution < -0.4 is 4.90 Å². The lowest BCUT2D eigenvalue weighted by Crippen LogP contribution is -2.15. The first kappa shape index (κ1) is 29.5. The number of para-hydroxylation sites is 1. The summed E-state index contributed by atoms with van der Waals surface area (Å²) in [4.78, 5) is 2.42. The molecule has 0 atom stereocenters. The zero-order valence-corrected chi connectivity index (χ0v) is 28.6. The predicted octanol–water partition coefficient (Wildman–Crippen LogP) is 13.8. The summed E-state index contributed by atoms with van der Waals surface area (Å²) in [6, 6.07) is 63.7. The summed E-state index contributed by atoms with van der Waals surface area (Å²) < 4.78 is 6.28. The van der Waals surface area contributed by atoms with Crippen LogP contribution >= 0.6 is 0 Å². The Balaban J connectivity index is 1.22. The Bertz CT molecular complexity index is 2770. The van der Waals surface area contributed by atoms with Crippen molar-refractivity contribution in [2.24, 2.45) is 0 Å². The summed E-state index contributed by atoms with van der Waals surface area (Å²) in [7, 11) is 0. The Morgan fingerprint density at radius 2 is 1.12 bits per heavy atom. The average molecular weight is 654 g/mol. The summed E-state index contributed by atoms with van der Waals surface area (Å²) in [5.41, 5.74) is 15.2. The largest absolute Gasteiger partial charge is 0.456 e. The second kappa shape index (κ2) is 11.3. The van der Waals surface area contributed by atoms with E-state index in [0.29, 0.717) is 0 Å². The van der Waals surface area contributed by atoms with Crippen molar-refractivity contribution in [2.45, 2.75) is 19.3 Å². The molecule has 1 aliphatic rings. The van der Waals surface area contributed by atoms with E-state index < -0.39 is 0 Å². The van der Waals surface area contributed by atoms with Crippen LogP contribution in [0.1, 0.15) is 25.0 Å². The second-order valence-corrected chi connectivity index (χ2v) is 14.1. The van der Waals surface area contributed by atoms with E-state index in [9.17, 15) is 0 Å². The standard InChI is InChI=1S/C49H35NO/c1-49(2)44-19-11-9-17-39(44)41-25-21-35-29-36(23-26-38(35)48(41)49)50(37-24-28-47-43(31-37)40-18-10-12-20-46(40)51-47)45-27-22-34(32-13-5-3-6-14-32)30-42(45)33-15-7-4-8-16-33/h3-31H,1-2H3. The van der Waals surface area contributed by atoms with Crippen molar-refractivity contribution in [3.8, 4) is 33.4 Å². The van der Waals surface area contributed by atoms with Crippen LogP contribution in [0.3, 0.4) is 0 Å². The third-order valence-electron chi connectivity index (χ3n) is 10.8. The highest BCUT2D eigenvalue weighted by atomic mass is 16.3. The lowest BCUT2D eigenvalue weighted by Gasteiger charge is -2.29. The fourth-order valence-corrected chi connectivity index (χ4v) is 8.42. The van der Waals surface area contributed by atoms with E-state index >= 15 is 0 Å². The van der Waals surface area contributed by atoms with Crippen molar-refractivity contribution in [3.63, 3.8) is 0 Å². The number of furan rings is 1. The van der Waals surface area contributed by atoms with Gasteiger partial charge in [-0.3, -0.25) is 0 Å². The molecule has 51 heavy (non-hydrogen) atoms. The minimum Gasteiger partial charge on any atom is -0.456 e. The van der Waals surface area contributed by atoms with E-state index in [4.69, 9.17) is 4.42 Å². The first-order chi connectivity index (χ1) is 25.0. The maximum Gasteiger partial charge on any atom is 0.135 e. The molecule has 0 bridgehead atoms. The molecule has 0 fully saturated rings. The van der Waals surface area contributed by atoms with Crippen molar-refractivity contribution in [1.82, 2.24) is 0 Å². The van der Waals surface area contributed by atoms with Crippen LogP contribution in [-0.4, -0.2) is 0 Å². The number of nitrogens with zero attached hydrogens (tertiary/aromatic N) is 1. The molecular formula is C49H35NO. The Labute approximate surface area is 297 Å². The molecule has 2 nitrogen and oxygen atoms in total. The Morgan fingerprint density at radius 1 is 0.431 bits per heavy atom. The number of fused-ring (bicyclic) bond motifs is 8. The van der Waals surface area contributed by atoms with Crippen LogP contribution in [0, 0.1) is 0 Å². The van der Waals surface area contributed by atoms with Crippen molar-refractivity contribution in [2.75, 3.05) is 4.90 Å². The molecule has 2 heteroatoms. The monoisotopic (exact) mass is 653 g/mol. The Morgan fingerprint density at radius 3 is 1.96 bits per heavy atom. The van der Waals surface area contributed by atoms with E-state index in [1.165, 1.54) is 55.3 Å². The van der Waals surface area contributed by atoms with Gasteiger partial charge in [0.1, 0.15) is 11.2 Å². The molecule has 0 saturated heterocycles. The molecule has 0 radical (unpaired) electrons. The first-order valence-corrected chi connectivity index (χ1v) is 17.7. The smallest absolute Gasteiger partial charge is 0.135 e. The lowest BCUT2D eigenvalue weighted by atomic mass is 9.80. The van der Waals surface area contributed by atoms with Gasteiger partial charge in [0, 0.05) is 33.1 Å². The highest BCUT2D eigenvalue weighted by Crippen LogP contribution is 2.52. The van der Waals surface area contributed by atoms with Crippen molar-refractivity contribution >= 4 is 49.8 Å². The van der Waals surface area contributed by atoms with Gasteiger partial charge in [-0.2, -0.15) is 0 Å². The molecule has 0 aliphatic heterocycles. The SMILES string of the molecule is CC1(C)c2ccccc2-c2ccc3cc(N(c4ccc5oc6ccccc6c5c4)c4ccc(-c5ccccc5)cc4-c4ccccc4)ccc3c21. The Kier molecular flexibility index (Phi) is 6.56. The van der Waals surface area contributed by atoms with Crippen molar-refractivity contribution < 1.29 is 4.42 Å². The van der Waals surface area contributed by atoms with Gasteiger partial charge in [0.2, 0.25) is 0 Å². The van der Waals surface area contributed by atoms with Crippen LogP contribution in [0.2, 0.25) is 0 Å². The van der Waals surface area contributed by atoms with Gasteiger partial charge in [0.25, 0.3) is 0 Å². The van der Waals surface area contributed by atoms with Crippen LogP contribution in [0.15, 0.2) is 180 Å². The lowest BCUT2D eigenvalue weighted by molar-refractivity contribution is 0.666. The van der Waals surface area contributed by atoms with Crippen LogP contribution in [0.5, 0.6) is 0 Å². The molecule has 9 aromatic rings. The van der Waals surface area contributed by atoms with Gasteiger partial charge in [-0.1, -0.05) is 141 Å². The van der Waals surface area contributed by atoms with Crippen LogP contribution in [0.25, 0.3) is 66.1 Å². The highest BCUT2D eigenvalue weighted by molar-refractivity contribution is 6.07. The molecule has 0 saturated carbocycles. The number of rotatable bonds is 5. The van der Waals surface area contributed by atoms with Gasteiger partial charge in [-0.25, -0.2) is 0 Å². The van der Waals surface area contributed by atoms with Gasteiger partial charge >= 0.3 is 0 Å². The first-order valence-electron chi connectivity index (χ1n) is 17.7. The zero-order valence-electron chi connectivity index (χ0n) is 28.6. The third kappa shape index (κ3) is 4.64. The van der Waals surface area contributed by atoms with Crippen LogP contribution in [-0.2, 0) is 5.41 Å². The minimum absolute atomic E-state index is 0.0895. The molecule has 0 spiro atoms. The number of hydrogen-bond donors (Lipinski definition) is 0. The summed E-state index contributed by atoms with van der Waals surface area (Å²) in [5.74, 6) is 0. The fourth-order valence-electron chi connectivity index (χ4n) is 8.42. The molecule has 1 aliphatic carbocycles. The number of benzene rings is 8. The van der Waals surface area contributed by atoms with Crippen LogP contribution in [0.4, 0.5) is 17.1 Å². The van der Waals surface area contributed by atoms with E-state index in [2.05, 4.69) is 183 Å². The topological polar surface area (TPSA) is 16.4 Å². The fraction of sp³-hybridized carbons (Fsp3) is 0.0612. The van der Waals surface area contributed by atoms with E-state index in [1.807, 2.05) is 12.1 Å². The molecule has 0 amide bonds. The molecular weight excluding hydrogens is 619 g/mol. The normalized spacial score (nSPS) is 13.1. The van der Waals surface area contributed by atoms with Gasteiger partial charge < -0.3 is 9.32 Å². The highest BCUT2D eigenvalue weighted by Gasteiger charge is 2.36. The second-order valence-electron chi connectivity index (χ2n) is 14.1. The molecule has 242 valence electrons. The van der Waals surface area contributed by atoms with E-state index in [1.54, 1.807) is 0 Å². The minimum atomic E-state index is -0.0895. The van der Waals surface area contributed by atoms with Crippen molar-refractivity contribution in [1.29, 1.82) is 0 Å². The van der Waals surface area contributed by atoms with Crippen molar-refractivity contribution in [3.05, 3.63) is 187 Å². The average Bonchev–Trinajstić information content (AvgIpc) is 3.67. The maximum atomic E-state index is 6.28. The summed E-state index contributed by atoms with van der Waals surface area (Å²) in [5, 5.41) is 4.76. The summed E-state index contributed by atoms with van der Waals surface area (Å²) in [6.07, 6.45) is 0. The number of hydrogen-bond acceptors (Lipinski definition) is 2. The molecule has 1 heterocycles.